The molecule has 2 aromatic rings. The minimum atomic E-state index is -0.840. The first-order valence-electron chi connectivity index (χ1n) is 7.46. The summed E-state index contributed by atoms with van der Waals surface area (Å²) in [6.45, 7) is 0.143. The van der Waals surface area contributed by atoms with Gasteiger partial charge in [0.05, 0.1) is 15.9 Å². The molecule has 0 bridgehead atoms. The fraction of sp³-hybridized carbons (Fsp3) is 0.188. The van der Waals surface area contributed by atoms with Crippen molar-refractivity contribution in [3.8, 4) is 17.2 Å². The van der Waals surface area contributed by atoms with E-state index in [2.05, 4.69) is 0 Å². The number of fused-ring (bicyclic) bond motifs is 1. The van der Waals surface area contributed by atoms with Gasteiger partial charge in [0.15, 0.2) is 11.5 Å². The summed E-state index contributed by atoms with van der Waals surface area (Å²) < 4.78 is 15.4. The van der Waals surface area contributed by atoms with Crippen LogP contribution in [-0.2, 0) is 11.2 Å². The zero-order chi connectivity index (χ0) is 18.7. The standard InChI is InChI=1S/C16H12N2O8/c19-16(6-2-10-1-4-14-15(7-10)25-9-24-14)26-13-5-3-11(17(20)21)8-12(13)18(22)23/h1,3-5,7-8H,2,6,9H2. The molecule has 0 N–H and O–H groups in total. The van der Waals surface area contributed by atoms with Gasteiger partial charge >= 0.3 is 11.7 Å². The summed E-state index contributed by atoms with van der Waals surface area (Å²) in [4.78, 5) is 32.1. The van der Waals surface area contributed by atoms with Crippen LogP contribution in [0.5, 0.6) is 17.2 Å². The van der Waals surface area contributed by atoms with Crippen molar-refractivity contribution in [2.75, 3.05) is 6.79 Å². The number of non-ortho nitro benzene ring substituents is 1. The highest BCUT2D eigenvalue weighted by atomic mass is 16.7. The van der Waals surface area contributed by atoms with E-state index in [1.54, 1.807) is 18.2 Å². The van der Waals surface area contributed by atoms with E-state index in [0.29, 0.717) is 17.9 Å². The van der Waals surface area contributed by atoms with E-state index < -0.39 is 27.2 Å². The smallest absolute Gasteiger partial charge is 0.318 e. The highest BCUT2D eigenvalue weighted by molar-refractivity contribution is 5.74. The summed E-state index contributed by atoms with van der Waals surface area (Å²) in [6, 6.07) is 8.06. The molecule has 0 radical (unpaired) electrons. The SMILES string of the molecule is O=C(CCc1ccc2c(c1)OCO2)Oc1ccc([N+](=O)[O-])cc1[N+](=O)[O-]. The lowest BCUT2D eigenvalue weighted by Crippen LogP contribution is -2.10. The van der Waals surface area contributed by atoms with Crippen molar-refractivity contribution >= 4 is 17.3 Å². The number of esters is 1. The van der Waals surface area contributed by atoms with Crippen LogP contribution in [0.2, 0.25) is 0 Å². The van der Waals surface area contributed by atoms with Gasteiger partial charge in [-0.1, -0.05) is 6.07 Å². The molecule has 3 rings (SSSR count). The lowest BCUT2D eigenvalue weighted by atomic mass is 10.1. The molecule has 0 amide bonds. The lowest BCUT2D eigenvalue weighted by molar-refractivity contribution is -0.394. The first-order chi connectivity index (χ1) is 12.4. The van der Waals surface area contributed by atoms with Crippen molar-refractivity contribution in [3.63, 3.8) is 0 Å². The van der Waals surface area contributed by atoms with E-state index in [9.17, 15) is 25.0 Å². The van der Waals surface area contributed by atoms with E-state index in [4.69, 9.17) is 14.2 Å². The van der Waals surface area contributed by atoms with Crippen molar-refractivity contribution in [2.24, 2.45) is 0 Å². The lowest BCUT2D eigenvalue weighted by Gasteiger charge is -2.06. The molecule has 0 unspecified atom stereocenters. The van der Waals surface area contributed by atoms with Crippen molar-refractivity contribution in [2.45, 2.75) is 12.8 Å². The van der Waals surface area contributed by atoms with Crippen LogP contribution in [-0.4, -0.2) is 22.6 Å². The number of ether oxygens (including phenoxy) is 3. The molecule has 0 atom stereocenters. The molecule has 26 heavy (non-hydrogen) atoms. The van der Waals surface area contributed by atoms with Crippen LogP contribution < -0.4 is 14.2 Å². The van der Waals surface area contributed by atoms with Gasteiger partial charge in [0.1, 0.15) is 0 Å². The minimum Gasteiger partial charge on any atom is -0.454 e. The molecule has 0 fully saturated rings. The van der Waals surface area contributed by atoms with E-state index in [1.807, 2.05) is 0 Å². The number of benzene rings is 2. The first-order valence-corrected chi connectivity index (χ1v) is 7.46. The molecule has 0 saturated heterocycles. The van der Waals surface area contributed by atoms with Gasteiger partial charge < -0.3 is 14.2 Å². The number of aryl methyl sites for hydroxylation is 1. The second-order valence-corrected chi connectivity index (χ2v) is 5.33. The van der Waals surface area contributed by atoms with Crippen LogP contribution in [0.4, 0.5) is 11.4 Å². The number of nitro groups is 2. The maximum Gasteiger partial charge on any atom is 0.318 e. The first kappa shape index (κ1) is 17.1. The van der Waals surface area contributed by atoms with Crippen LogP contribution in [0.15, 0.2) is 36.4 Å². The number of nitrogens with zero attached hydrogens (tertiary/aromatic N) is 2. The van der Waals surface area contributed by atoms with E-state index in [0.717, 1.165) is 23.8 Å². The largest absolute Gasteiger partial charge is 0.454 e. The second kappa shape index (κ2) is 7.05. The number of carbonyl (C=O) groups excluding carboxylic acids is 1. The maximum atomic E-state index is 12.0. The fourth-order valence-electron chi connectivity index (χ4n) is 2.36. The molecule has 1 aliphatic rings. The molecule has 0 saturated carbocycles. The zero-order valence-corrected chi connectivity index (χ0v) is 13.2. The molecule has 0 spiro atoms. The molecule has 0 aliphatic carbocycles. The third-order valence-electron chi connectivity index (χ3n) is 3.63. The molecule has 134 valence electrons. The Hall–Kier alpha value is -3.69. The van der Waals surface area contributed by atoms with Crippen LogP contribution >= 0.6 is 0 Å². The molecule has 10 heteroatoms. The van der Waals surface area contributed by atoms with Crippen LogP contribution in [0.25, 0.3) is 0 Å². The summed E-state index contributed by atoms with van der Waals surface area (Å²) in [5.41, 5.74) is -0.295. The molecule has 0 aromatic heterocycles. The Morgan fingerprint density at radius 1 is 1.04 bits per heavy atom. The number of hydrogen-bond donors (Lipinski definition) is 0. The Bertz CT molecular complexity index is 896. The second-order valence-electron chi connectivity index (χ2n) is 5.33. The van der Waals surface area contributed by atoms with Crippen LogP contribution in [0.3, 0.4) is 0 Å². The Morgan fingerprint density at radius 2 is 1.81 bits per heavy atom. The molecule has 10 nitrogen and oxygen atoms in total. The molecular formula is C16H12N2O8. The van der Waals surface area contributed by atoms with Gasteiger partial charge in [-0.25, -0.2) is 0 Å². The average Bonchev–Trinajstić information content (AvgIpc) is 3.07. The van der Waals surface area contributed by atoms with Crippen molar-refractivity contribution in [3.05, 3.63) is 62.2 Å². The Morgan fingerprint density at radius 3 is 2.54 bits per heavy atom. The predicted octanol–water partition coefficient (Wildman–Crippen LogP) is 2.77. The quantitative estimate of drug-likeness (QED) is 0.332. The molecule has 2 aromatic carbocycles. The highest BCUT2D eigenvalue weighted by Crippen LogP contribution is 2.33. The third kappa shape index (κ3) is 3.69. The Labute approximate surface area is 146 Å². The van der Waals surface area contributed by atoms with Gasteiger partial charge in [0, 0.05) is 12.5 Å². The summed E-state index contributed by atoms with van der Waals surface area (Å²) in [5.74, 6) is 0.176. The van der Waals surface area contributed by atoms with Gasteiger partial charge in [-0.2, -0.15) is 0 Å². The van der Waals surface area contributed by atoms with Crippen LogP contribution in [0, 0.1) is 20.2 Å². The van der Waals surface area contributed by atoms with Crippen LogP contribution in [0.1, 0.15) is 12.0 Å². The van der Waals surface area contributed by atoms with E-state index >= 15 is 0 Å². The number of hydrogen-bond acceptors (Lipinski definition) is 8. The van der Waals surface area contributed by atoms with Gasteiger partial charge in [-0.3, -0.25) is 25.0 Å². The molecule has 1 heterocycles. The summed E-state index contributed by atoms with van der Waals surface area (Å²) >= 11 is 0. The predicted molar refractivity (Wildman–Crippen MR) is 86.3 cm³/mol. The maximum absolute atomic E-state index is 12.0. The topological polar surface area (TPSA) is 131 Å². The fourth-order valence-corrected chi connectivity index (χ4v) is 2.36. The van der Waals surface area contributed by atoms with Gasteiger partial charge in [0.2, 0.25) is 12.5 Å². The van der Waals surface area contributed by atoms with Gasteiger partial charge in [-0.15, -0.1) is 0 Å². The zero-order valence-electron chi connectivity index (χ0n) is 13.2. The summed E-state index contributed by atoms with van der Waals surface area (Å²) in [7, 11) is 0. The summed E-state index contributed by atoms with van der Waals surface area (Å²) in [5, 5.41) is 21.7. The minimum absolute atomic E-state index is 0.0339. The number of carbonyl (C=O) groups is 1. The van der Waals surface area contributed by atoms with E-state index in [-0.39, 0.29) is 19.0 Å². The van der Waals surface area contributed by atoms with E-state index in [1.165, 1.54) is 0 Å². The third-order valence-corrected chi connectivity index (χ3v) is 3.63. The monoisotopic (exact) mass is 360 g/mol. The van der Waals surface area contributed by atoms with Crippen molar-refractivity contribution in [1.29, 1.82) is 0 Å². The molecule has 1 aliphatic heterocycles. The van der Waals surface area contributed by atoms with Gasteiger partial charge in [0.25, 0.3) is 5.69 Å². The van der Waals surface area contributed by atoms with Crippen molar-refractivity contribution < 1.29 is 28.9 Å². The van der Waals surface area contributed by atoms with Crippen molar-refractivity contribution in [1.82, 2.24) is 0 Å². The number of rotatable bonds is 6. The average molecular weight is 360 g/mol. The summed E-state index contributed by atoms with van der Waals surface area (Å²) in [6.07, 6.45) is 0.296. The highest BCUT2D eigenvalue weighted by Gasteiger charge is 2.22. The molecular weight excluding hydrogens is 348 g/mol. The number of nitro benzene ring substituents is 2. The Kier molecular flexibility index (Phi) is 4.65. The Balaban J connectivity index is 1.66. The normalized spacial score (nSPS) is 11.8. The van der Waals surface area contributed by atoms with Gasteiger partial charge in [-0.05, 0) is 30.2 Å².